The second-order valence-electron chi connectivity index (χ2n) is 4.02. The summed E-state index contributed by atoms with van der Waals surface area (Å²) in [5, 5.41) is 2.32. The Morgan fingerprint density at radius 3 is 2.75 bits per heavy atom. The zero-order valence-electron chi connectivity index (χ0n) is 9.15. The van der Waals surface area contributed by atoms with Crippen molar-refractivity contribution in [2.75, 3.05) is 0 Å². The summed E-state index contributed by atoms with van der Waals surface area (Å²) in [6, 6.07) is 9.87. The van der Waals surface area contributed by atoms with Crippen molar-refractivity contribution in [2.24, 2.45) is 7.05 Å². The molecule has 0 saturated heterocycles. The molecule has 2 heterocycles. The highest BCUT2D eigenvalue weighted by Gasteiger charge is 2.06. The first kappa shape index (κ1) is 9.60. The lowest BCUT2D eigenvalue weighted by Crippen LogP contribution is -1.90. The van der Waals surface area contributed by atoms with E-state index in [1.807, 2.05) is 6.07 Å². The van der Waals surface area contributed by atoms with Crippen LogP contribution in [0.15, 0.2) is 35.1 Å². The Hall–Kier alpha value is -1.61. The number of fused-ring (bicyclic) bond motifs is 3. The summed E-state index contributed by atoms with van der Waals surface area (Å²) in [7, 11) is 2.05. The SMILES string of the molecule is Cc1cc2c3sc(=O)ccc3ccc2n1C. The van der Waals surface area contributed by atoms with Gasteiger partial charge in [0.25, 0.3) is 0 Å². The monoisotopic (exact) mass is 229 g/mol. The van der Waals surface area contributed by atoms with Gasteiger partial charge in [-0.2, -0.15) is 0 Å². The molecule has 3 heteroatoms. The molecule has 0 unspecified atom stereocenters. The Kier molecular flexibility index (Phi) is 1.91. The molecular formula is C13H11NOS. The molecule has 0 radical (unpaired) electrons. The molecule has 2 aromatic heterocycles. The summed E-state index contributed by atoms with van der Waals surface area (Å²) < 4.78 is 3.36. The van der Waals surface area contributed by atoms with E-state index in [9.17, 15) is 4.79 Å². The van der Waals surface area contributed by atoms with Crippen molar-refractivity contribution in [2.45, 2.75) is 6.92 Å². The lowest BCUT2D eigenvalue weighted by atomic mass is 10.2. The largest absolute Gasteiger partial charge is 0.348 e. The van der Waals surface area contributed by atoms with Crippen LogP contribution in [0.25, 0.3) is 21.0 Å². The van der Waals surface area contributed by atoms with Crippen molar-refractivity contribution < 1.29 is 0 Å². The summed E-state index contributed by atoms with van der Waals surface area (Å²) in [5.41, 5.74) is 2.40. The topological polar surface area (TPSA) is 22.0 Å². The fourth-order valence-electron chi connectivity index (χ4n) is 2.07. The molecular weight excluding hydrogens is 218 g/mol. The van der Waals surface area contributed by atoms with Crippen LogP contribution in [0.1, 0.15) is 5.69 Å². The normalized spacial score (nSPS) is 11.4. The second-order valence-corrected chi connectivity index (χ2v) is 5.03. The average molecular weight is 229 g/mol. The third-order valence-electron chi connectivity index (χ3n) is 3.05. The molecule has 1 aromatic carbocycles. The van der Waals surface area contributed by atoms with Crippen molar-refractivity contribution in [1.82, 2.24) is 4.57 Å². The molecule has 0 fully saturated rings. The summed E-state index contributed by atoms with van der Waals surface area (Å²) in [6.07, 6.45) is 0. The number of aryl methyl sites for hydroxylation is 2. The molecule has 0 aliphatic rings. The maximum atomic E-state index is 11.4. The predicted octanol–water partition coefficient (Wildman–Crippen LogP) is 3.06. The van der Waals surface area contributed by atoms with E-state index in [4.69, 9.17) is 0 Å². The maximum Gasteiger partial charge on any atom is 0.232 e. The predicted molar refractivity (Wildman–Crippen MR) is 69.3 cm³/mol. The number of aromatic nitrogens is 1. The fourth-order valence-corrected chi connectivity index (χ4v) is 2.94. The number of benzene rings is 1. The van der Waals surface area contributed by atoms with Gasteiger partial charge in [-0.1, -0.05) is 17.4 Å². The zero-order chi connectivity index (χ0) is 11.3. The highest BCUT2D eigenvalue weighted by atomic mass is 32.1. The molecule has 0 aliphatic carbocycles. The summed E-state index contributed by atoms with van der Waals surface area (Å²) in [4.78, 5) is 11.4. The van der Waals surface area contributed by atoms with Crippen LogP contribution in [0.4, 0.5) is 0 Å². The Balaban J connectivity index is 2.62. The Labute approximate surface area is 96.8 Å². The van der Waals surface area contributed by atoms with E-state index in [1.54, 1.807) is 6.07 Å². The second kappa shape index (κ2) is 3.19. The highest BCUT2D eigenvalue weighted by molar-refractivity contribution is 7.17. The molecule has 0 amide bonds. The van der Waals surface area contributed by atoms with Crippen LogP contribution in [0.3, 0.4) is 0 Å². The van der Waals surface area contributed by atoms with E-state index in [-0.39, 0.29) is 4.74 Å². The molecule has 3 rings (SSSR count). The lowest BCUT2D eigenvalue weighted by Gasteiger charge is -2.00. The van der Waals surface area contributed by atoms with Gasteiger partial charge in [-0.05, 0) is 36.6 Å². The summed E-state index contributed by atoms with van der Waals surface area (Å²) >= 11 is 1.32. The van der Waals surface area contributed by atoms with Gasteiger partial charge in [0.1, 0.15) is 0 Å². The van der Waals surface area contributed by atoms with Gasteiger partial charge in [0, 0.05) is 28.3 Å². The minimum Gasteiger partial charge on any atom is -0.348 e. The summed E-state index contributed by atoms with van der Waals surface area (Å²) in [6.45, 7) is 2.08. The molecule has 0 bridgehead atoms. The van der Waals surface area contributed by atoms with Gasteiger partial charge in [0.15, 0.2) is 0 Å². The van der Waals surface area contributed by atoms with E-state index in [0.717, 1.165) is 10.1 Å². The van der Waals surface area contributed by atoms with Crippen molar-refractivity contribution in [3.8, 4) is 0 Å². The van der Waals surface area contributed by atoms with Gasteiger partial charge < -0.3 is 4.57 Å². The molecule has 80 valence electrons. The smallest absolute Gasteiger partial charge is 0.232 e. The third kappa shape index (κ3) is 1.21. The van der Waals surface area contributed by atoms with E-state index < -0.39 is 0 Å². The standard InChI is InChI=1S/C13H11NOS/c1-8-7-10-11(14(8)2)5-3-9-4-6-12(15)16-13(9)10/h3-7H,1-2H3. The molecule has 0 N–H and O–H groups in total. The Morgan fingerprint density at radius 2 is 1.94 bits per heavy atom. The first-order valence-electron chi connectivity index (χ1n) is 5.16. The minimum atomic E-state index is 0.113. The van der Waals surface area contributed by atoms with E-state index in [2.05, 4.69) is 36.7 Å². The summed E-state index contributed by atoms with van der Waals surface area (Å²) in [5.74, 6) is 0. The van der Waals surface area contributed by atoms with Crippen LogP contribution in [-0.4, -0.2) is 4.57 Å². The van der Waals surface area contributed by atoms with Crippen molar-refractivity contribution in [3.63, 3.8) is 0 Å². The average Bonchev–Trinajstić information content (AvgIpc) is 2.56. The van der Waals surface area contributed by atoms with Crippen LogP contribution < -0.4 is 4.74 Å². The van der Waals surface area contributed by atoms with Crippen LogP contribution >= 0.6 is 11.3 Å². The van der Waals surface area contributed by atoms with Crippen molar-refractivity contribution >= 4 is 32.3 Å². The minimum absolute atomic E-state index is 0.113. The fraction of sp³-hybridized carbons (Fsp3) is 0.154. The highest BCUT2D eigenvalue weighted by Crippen LogP contribution is 2.28. The quantitative estimate of drug-likeness (QED) is 0.580. The zero-order valence-corrected chi connectivity index (χ0v) is 9.97. The third-order valence-corrected chi connectivity index (χ3v) is 4.05. The first-order valence-corrected chi connectivity index (χ1v) is 5.97. The molecule has 3 aromatic rings. The van der Waals surface area contributed by atoms with Gasteiger partial charge >= 0.3 is 0 Å². The Morgan fingerprint density at radius 1 is 1.19 bits per heavy atom. The van der Waals surface area contributed by atoms with Gasteiger partial charge in [-0.3, -0.25) is 4.79 Å². The van der Waals surface area contributed by atoms with Crippen LogP contribution in [0.2, 0.25) is 0 Å². The van der Waals surface area contributed by atoms with Crippen molar-refractivity contribution in [3.05, 3.63) is 45.6 Å². The number of hydrogen-bond donors (Lipinski definition) is 0. The van der Waals surface area contributed by atoms with Gasteiger partial charge in [0.05, 0.1) is 0 Å². The number of nitrogens with zero attached hydrogens (tertiary/aromatic N) is 1. The molecule has 0 spiro atoms. The molecule has 16 heavy (non-hydrogen) atoms. The van der Waals surface area contributed by atoms with E-state index in [0.29, 0.717) is 0 Å². The number of rotatable bonds is 0. The van der Waals surface area contributed by atoms with E-state index >= 15 is 0 Å². The van der Waals surface area contributed by atoms with E-state index in [1.165, 1.54) is 27.9 Å². The first-order chi connectivity index (χ1) is 7.66. The molecule has 0 saturated carbocycles. The molecule has 0 aliphatic heterocycles. The van der Waals surface area contributed by atoms with Gasteiger partial charge in [0.2, 0.25) is 4.74 Å². The Bertz CT molecular complexity index is 752. The van der Waals surface area contributed by atoms with Crippen LogP contribution in [-0.2, 0) is 7.05 Å². The molecule has 0 atom stereocenters. The van der Waals surface area contributed by atoms with Crippen LogP contribution in [0.5, 0.6) is 0 Å². The maximum absolute atomic E-state index is 11.4. The van der Waals surface area contributed by atoms with Gasteiger partial charge in [-0.15, -0.1) is 0 Å². The number of hydrogen-bond acceptors (Lipinski definition) is 2. The van der Waals surface area contributed by atoms with Crippen molar-refractivity contribution in [1.29, 1.82) is 0 Å². The van der Waals surface area contributed by atoms with Gasteiger partial charge in [-0.25, -0.2) is 0 Å². The molecule has 2 nitrogen and oxygen atoms in total. The van der Waals surface area contributed by atoms with Crippen LogP contribution in [0, 0.1) is 6.92 Å². The lowest BCUT2D eigenvalue weighted by molar-refractivity contribution is 0.918.